The molecule has 0 aliphatic carbocycles. The van der Waals surface area contributed by atoms with E-state index in [1.165, 1.54) is 5.56 Å². The molecule has 0 amide bonds. The number of rotatable bonds is 3. The molecule has 0 aromatic heterocycles. The lowest BCUT2D eigenvalue weighted by Gasteiger charge is -2.04. The summed E-state index contributed by atoms with van der Waals surface area (Å²) < 4.78 is 12.0. The minimum Gasteiger partial charge on any atom is -0.316 e. The molecule has 0 spiro atoms. The number of halogens is 1. The van der Waals surface area contributed by atoms with Gasteiger partial charge in [0.1, 0.15) is 6.67 Å². The Balaban J connectivity index is 2.48. The van der Waals surface area contributed by atoms with E-state index in [-0.39, 0.29) is 5.92 Å². The second-order valence-corrected chi connectivity index (χ2v) is 3.64. The minimum absolute atomic E-state index is 0.213. The first kappa shape index (κ1) is 11.7. The molecule has 2 N–H and O–H groups in total. The maximum Gasteiger partial charge on any atom is 0.116 e. The van der Waals surface area contributed by atoms with Crippen LogP contribution < -0.4 is 5.73 Å². The molecule has 0 saturated heterocycles. The van der Waals surface area contributed by atoms with Gasteiger partial charge in [-0.2, -0.15) is 0 Å². The van der Waals surface area contributed by atoms with E-state index in [4.69, 9.17) is 5.73 Å². The van der Waals surface area contributed by atoms with Crippen LogP contribution in [0, 0.1) is 17.8 Å². The zero-order valence-electron chi connectivity index (χ0n) is 8.91. The Bertz CT molecular complexity index is 337. The van der Waals surface area contributed by atoms with Crippen LogP contribution in [0.3, 0.4) is 0 Å². The quantitative estimate of drug-likeness (QED) is 0.752. The molecule has 1 rings (SSSR count). The number of nitrogens with two attached hydrogens (primary N) is 1. The van der Waals surface area contributed by atoms with Crippen molar-refractivity contribution in [1.29, 1.82) is 0 Å². The number of hydrogen-bond acceptors (Lipinski definition) is 1. The van der Waals surface area contributed by atoms with Gasteiger partial charge in [0.25, 0.3) is 0 Å². The molecule has 2 atom stereocenters. The van der Waals surface area contributed by atoms with E-state index >= 15 is 0 Å². The van der Waals surface area contributed by atoms with Crippen molar-refractivity contribution in [3.05, 3.63) is 35.9 Å². The fourth-order valence-corrected chi connectivity index (χ4v) is 1.31. The van der Waals surface area contributed by atoms with Crippen LogP contribution in [0.1, 0.15) is 12.5 Å². The summed E-state index contributed by atoms with van der Waals surface area (Å²) in [5.41, 5.74) is 6.61. The van der Waals surface area contributed by atoms with Gasteiger partial charge in [-0.25, -0.2) is 4.39 Å². The van der Waals surface area contributed by atoms with Crippen LogP contribution in [0.2, 0.25) is 0 Å². The molecule has 15 heavy (non-hydrogen) atoms. The van der Waals surface area contributed by atoms with E-state index in [0.717, 1.165) is 6.42 Å². The third-order valence-corrected chi connectivity index (χ3v) is 2.07. The van der Waals surface area contributed by atoms with E-state index < -0.39 is 12.7 Å². The molecule has 2 unspecified atom stereocenters. The molecular formula is C13H16FN. The molecule has 0 fully saturated rings. The summed E-state index contributed by atoms with van der Waals surface area (Å²) in [6, 6.07) is 9.48. The van der Waals surface area contributed by atoms with Gasteiger partial charge in [-0.15, -0.1) is 0 Å². The van der Waals surface area contributed by atoms with Gasteiger partial charge in [0, 0.05) is 5.92 Å². The molecule has 0 heterocycles. The van der Waals surface area contributed by atoms with Gasteiger partial charge in [-0.1, -0.05) is 49.1 Å². The van der Waals surface area contributed by atoms with Crippen LogP contribution in [0.25, 0.3) is 0 Å². The summed E-state index contributed by atoms with van der Waals surface area (Å²) in [5.74, 6) is 5.88. The van der Waals surface area contributed by atoms with E-state index in [2.05, 4.69) is 24.0 Å². The predicted octanol–water partition coefficient (Wildman–Crippen LogP) is 2.17. The Morgan fingerprint density at radius 2 is 1.93 bits per heavy atom. The van der Waals surface area contributed by atoms with E-state index in [0.29, 0.717) is 0 Å². The number of hydrogen-bond donors (Lipinski definition) is 1. The van der Waals surface area contributed by atoms with Crippen molar-refractivity contribution in [2.24, 2.45) is 11.7 Å². The number of alkyl halides is 1. The van der Waals surface area contributed by atoms with Crippen molar-refractivity contribution in [3.63, 3.8) is 0 Å². The van der Waals surface area contributed by atoms with Crippen LogP contribution in [0.4, 0.5) is 4.39 Å². The van der Waals surface area contributed by atoms with Crippen molar-refractivity contribution in [1.82, 2.24) is 0 Å². The summed E-state index contributed by atoms with van der Waals surface area (Å²) in [6.07, 6.45) is 0.882. The second kappa shape index (κ2) is 6.21. The predicted molar refractivity (Wildman–Crippen MR) is 61.0 cm³/mol. The van der Waals surface area contributed by atoms with E-state index in [9.17, 15) is 4.39 Å². The van der Waals surface area contributed by atoms with Crippen LogP contribution in [0.5, 0.6) is 0 Å². The average molecular weight is 205 g/mol. The zero-order chi connectivity index (χ0) is 11.1. The topological polar surface area (TPSA) is 26.0 Å². The van der Waals surface area contributed by atoms with Gasteiger partial charge in [0.15, 0.2) is 0 Å². The first-order chi connectivity index (χ1) is 7.22. The normalized spacial score (nSPS) is 13.8. The van der Waals surface area contributed by atoms with Crippen LogP contribution in [0.15, 0.2) is 30.3 Å². The number of benzene rings is 1. The largest absolute Gasteiger partial charge is 0.316 e. The Morgan fingerprint density at radius 1 is 1.27 bits per heavy atom. The fourth-order valence-electron chi connectivity index (χ4n) is 1.31. The van der Waals surface area contributed by atoms with Crippen molar-refractivity contribution in [3.8, 4) is 11.8 Å². The molecule has 1 nitrogen and oxygen atoms in total. The summed E-state index contributed by atoms with van der Waals surface area (Å²) in [5, 5.41) is 0. The van der Waals surface area contributed by atoms with Crippen molar-refractivity contribution in [2.75, 3.05) is 6.67 Å². The molecule has 0 aliphatic rings. The van der Waals surface area contributed by atoms with Gasteiger partial charge < -0.3 is 5.73 Å². The maximum atomic E-state index is 12.0. The Kier molecular flexibility index (Phi) is 4.86. The highest BCUT2D eigenvalue weighted by Gasteiger charge is 2.00. The van der Waals surface area contributed by atoms with Crippen LogP contribution in [-0.4, -0.2) is 12.7 Å². The summed E-state index contributed by atoms with van der Waals surface area (Å²) >= 11 is 0. The highest BCUT2D eigenvalue weighted by molar-refractivity contribution is 5.18. The van der Waals surface area contributed by atoms with Gasteiger partial charge in [0.2, 0.25) is 0 Å². The fraction of sp³-hybridized carbons (Fsp3) is 0.385. The van der Waals surface area contributed by atoms with E-state index in [1.54, 1.807) is 0 Å². The first-order valence-electron chi connectivity index (χ1n) is 5.09. The highest BCUT2D eigenvalue weighted by atomic mass is 19.1. The average Bonchev–Trinajstić information content (AvgIpc) is 2.27. The lowest BCUT2D eigenvalue weighted by atomic mass is 10.0. The monoisotopic (exact) mass is 205 g/mol. The molecule has 80 valence electrons. The van der Waals surface area contributed by atoms with Crippen LogP contribution in [-0.2, 0) is 6.42 Å². The molecule has 2 heteroatoms. The molecule has 0 radical (unpaired) electrons. The SMILES string of the molecule is CC(C#CC(N)CF)Cc1ccccc1. The van der Waals surface area contributed by atoms with Gasteiger partial charge in [-0.3, -0.25) is 0 Å². The first-order valence-corrected chi connectivity index (χ1v) is 5.09. The summed E-state index contributed by atoms with van der Waals surface area (Å²) in [6.45, 7) is 1.44. The lowest BCUT2D eigenvalue weighted by Crippen LogP contribution is -2.19. The Labute approximate surface area is 90.5 Å². The molecule has 1 aromatic carbocycles. The maximum absolute atomic E-state index is 12.0. The second-order valence-electron chi connectivity index (χ2n) is 3.64. The molecule has 0 aliphatic heterocycles. The third-order valence-electron chi connectivity index (χ3n) is 2.07. The van der Waals surface area contributed by atoms with Crippen molar-refractivity contribution < 1.29 is 4.39 Å². The highest BCUT2D eigenvalue weighted by Crippen LogP contribution is 2.06. The van der Waals surface area contributed by atoms with Crippen LogP contribution >= 0.6 is 0 Å². The third kappa shape index (κ3) is 4.62. The summed E-state index contributed by atoms with van der Waals surface area (Å²) in [7, 11) is 0. The smallest absolute Gasteiger partial charge is 0.116 e. The summed E-state index contributed by atoms with van der Waals surface area (Å²) in [4.78, 5) is 0. The van der Waals surface area contributed by atoms with Gasteiger partial charge >= 0.3 is 0 Å². The lowest BCUT2D eigenvalue weighted by molar-refractivity contribution is 0.470. The standard InChI is InChI=1S/C13H16FN/c1-11(7-8-13(15)10-14)9-12-5-3-2-4-6-12/h2-6,11,13H,9-10,15H2,1H3. The Hall–Kier alpha value is -1.33. The zero-order valence-corrected chi connectivity index (χ0v) is 8.91. The minimum atomic E-state index is -0.636. The van der Waals surface area contributed by atoms with Gasteiger partial charge in [-0.05, 0) is 12.0 Å². The van der Waals surface area contributed by atoms with E-state index in [1.807, 2.05) is 25.1 Å². The Morgan fingerprint density at radius 3 is 2.53 bits per heavy atom. The molecule has 0 bridgehead atoms. The molecule has 1 aromatic rings. The van der Waals surface area contributed by atoms with Crippen molar-refractivity contribution in [2.45, 2.75) is 19.4 Å². The van der Waals surface area contributed by atoms with Gasteiger partial charge in [0.05, 0.1) is 6.04 Å². The molecule has 0 saturated carbocycles. The van der Waals surface area contributed by atoms with Crippen molar-refractivity contribution >= 4 is 0 Å². The molecular weight excluding hydrogens is 189 g/mol.